The van der Waals surface area contributed by atoms with Crippen LogP contribution in [0.15, 0.2) is 70.8 Å². The van der Waals surface area contributed by atoms with E-state index < -0.39 is 18.4 Å². The van der Waals surface area contributed by atoms with E-state index in [1.165, 1.54) is 57.4 Å². The molecule has 0 fully saturated rings. The van der Waals surface area contributed by atoms with Crippen molar-refractivity contribution in [3.8, 4) is 0 Å². The SMILES string of the molecule is CCC[CH2][Sn](/[CH]=C/CN(Cc1ccccc1)C(=O)c1ccccc1)([CH2]CCC)[CH2]CCC. The van der Waals surface area contributed by atoms with Crippen molar-refractivity contribution in [2.24, 2.45) is 0 Å². The molecule has 2 rings (SSSR count). The van der Waals surface area contributed by atoms with Gasteiger partial charge in [0.05, 0.1) is 0 Å². The molecule has 0 atom stereocenters. The van der Waals surface area contributed by atoms with Gasteiger partial charge in [0.1, 0.15) is 0 Å². The fraction of sp³-hybridized carbons (Fsp3) is 0.483. The molecule has 0 aliphatic heterocycles. The van der Waals surface area contributed by atoms with Crippen LogP contribution in [0, 0.1) is 0 Å². The van der Waals surface area contributed by atoms with Crippen LogP contribution in [-0.2, 0) is 6.54 Å². The third-order valence-corrected chi connectivity index (χ3v) is 20.7. The van der Waals surface area contributed by atoms with E-state index in [4.69, 9.17) is 0 Å². The van der Waals surface area contributed by atoms with Crippen LogP contribution in [0.1, 0.15) is 75.2 Å². The molecule has 0 saturated heterocycles. The summed E-state index contributed by atoms with van der Waals surface area (Å²) in [6, 6.07) is 20.1. The molecule has 1 amide bonds. The Kier molecular flexibility index (Phi) is 12.8. The van der Waals surface area contributed by atoms with E-state index in [2.05, 4.69) is 55.2 Å². The van der Waals surface area contributed by atoms with E-state index >= 15 is 0 Å². The molecule has 0 aliphatic carbocycles. The third-order valence-electron chi connectivity index (χ3n) is 6.41. The van der Waals surface area contributed by atoms with Gasteiger partial charge in [-0.2, -0.15) is 0 Å². The molecule has 0 heterocycles. The Balaban J connectivity index is 2.23. The van der Waals surface area contributed by atoms with Gasteiger partial charge in [-0.15, -0.1) is 0 Å². The van der Waals surface area contributed by atoms with E-state index in [1.54, 1.807) is 0 Å². The second-order valence-corrected chi connectivity index (χ2v) is 22.1. The maximum atomic E-state index is 13.3. The van der Waals surface area contributed by atoms with Gasteiger partial charge in [-0.1, -0.05) is 0 Å². The Hall–Kier alpha value is -1.55. The van der Waals surface area contributed by atoms with Gasteiger partial charge in [-0.3, -0.25) is 0 Å². The molecule has 0 saturated carbocycles. The van der Waals surface area contributed by atoms with Gasteiger partial charge in [0, 0.05) is 0 Å². The van der Waals surface area contributed by atoms with Crippen LogP contribution < -0.4 is 0 Å². The van der Waals surface area contributed by atoms with Crippen molar-refractivity contribution in [2.75, 3.05) is 6.54 Å². The van der Waals surface area contributed by atoms with E-state index in [0.717, 1.165) is 5.56 Å². The van der Waals surface area contributed by atoms with Crippen LogP contribution in [0.5, 0.6) is 0 Å². The molecule has 0 unspecified atom stereocenters. The number of carbonyl (C=O) groups is 1. The van der Waals surface area contributed by atoms with E-state index in [9.17, 15) is 4.79 Å². The maximum absolute atomic E-state index is 13.3. The fourth-order valence-electron chi connectivity index (χ4n) is 4.43. The Bertz CT molecular complexity index is 766. The van der Waals surface area contributed by atoms with Crippen LogP contribution in [-0.4, -0.2) is 35.7 Å². The number of nitrogens with zero attached hydrogens (tertiary/aromatic N) is 1. The standard InChI is InChI=1S/C17H16NO.3C4H9.Sn/c1-2-13-18(14-15-9-5-3-6-10-15)17(19)16-11-7-4-8-12-16;3*1-3-4-2;/h1-12H,13-14H2;3*1,3-4H2,2H3;. The van der Waals surface area contributed by atoms with Crippen LogP contribution in [0.4, 0.5) is 0 Å². The summed E-state index contributed by atoms with van der Waals surface area (Å²) >= 11 is -2.33. The summed E-state index contributed by atoms with van der Waals surface area (Å²) < 4.78 is 7.08. The van der Waals surface area contributed by atoms with Crippen LogP contribution >= 0.6 is 0 Å². The molecule has 0 aliphatic rings. The molecule has 3 heteroatoms. The predicted molar refractivity (Wildman–Crippen MR) is 142 cm³/mol. The fourth-order valence-corrected chi connectivity index (χ4v) is 18.8. The van der Waals surface area contributed by atoms with Crippen molar-refractivity contribution < 1.29 is 4.79 Å². The Labute approximate surface area is 201 Å². The molecule has 0 N–H and O–H groups in total. The van der Waals surface area contributed by atoms with Crippen molar-refractivity contribution in [1.29, 1.82) is 0 Å². The van der Waals surface area contributed by atoms with Crippen molar-refractivity contribution in [1.82, 2.24) is 4.90 Å². The van der Waals surface area contributed by atoms with E-state index in [0.29, 0.717) is 13.1 Å². The third kappa shape index (κ3) is 9.13. The molecular weight excluding hydrogens is 497 g/mol. The molecule has 0 bridgehead atoms. The van der Waals surface area contributed by atoms with Gasteiger partial charge in [0.25, 0.3) is 0 Å². The number of carbonyl (C=O) groups excluding carboxylic acids is 1. The van der Waals surface area contributed by atoms with Gasteiger partial charge in [0.15, 0.2) is 0 Å². The molecule has 0 aromatic heterocycles. The van der Waals surface area contributed by atoms with Gasteiger partial charge in [-0.25, -0.2) is 0 Å². The van der Waals surface area contributed by atoms with Crippen molar-refractivity contribution in [2.45, 2.75) is 79.2 Å². The summed E-state index contributed by atoms with van der Waals surface area (Å²) in [5, 5.41) is 0. The minimum absolute atomic E-state index is 0.121. The minimum atomic E-state index is -2.33. The monoisotopic (exact) mass is 541 g/mol. The first-order valence-electron chi connectivity index (χ1n) is 12.7. The van der Waals surface area contributed by atoms with E-state index in [1.807, 2.05) is 41.3 Å². The van der Waals surface area contributed by atoms with Crippen LogP contribution in [0.3, 0.4) is 0 Å². The normalized spacial score (nSPS) is 11.7. The van der Waals surface area contributed by atoms with E-state index in [-0.39, 0.29) is 5.91 Å². The molecular formula is C29H43NOSn. The zero-order chi connectivity index (χ0) is 23.1. The Morgan fingerprint density at radius 3 is 1.78 bits per heavy atom. The average Bonchev–Trinajstić information content (AvgIpc) is 2.84. The first-order valence-corrected chi connectivity index (χ1v) is 20.4. The first-order chi connectivity index (χ1) is 15.6. The van der Waals surface area contributed by atoms with Gasteiger partial charge in [-0.05, 0) is 0 Å². The summed E-state index contributed by atoms with van der Waals surface area (Å²) in [7, 11) is 0. The molecule has 174 valence electrons. The summed E-state index contributed by atoms with van der Waals surface area (Å²) in [6.07, 6.45) is 10.3. The van der Waals surface area contributed by atoms with Crippen LogP contribution in [0.2, 0.25) is 13.3 Å². The zero-order valence-corrected chi connectivity index (χ0v) is 23.4. The summed E-state index contributed by atoms with van der Waals surface area (Å²) in [4.78, 5) is 15.3. The summed E-state index contributed by atoms with van der Waals surface area (Å²) in [5.74, 6) is 0.121. The molecule has 2 aromatic rings. The molecule has 2 nitrogen and oxygen atoms in total. The second-order valence-electron chi connectivity index (χ2n) is 9.11. The average molecular weight is 540 g/mol. The number of amides is 1. The van der Waals surface area contributed by atoms with Crippen molar-refractivity contribution in [3.05, 3.63) is 82.0 Å². The number of hydrogen-bond donors (Lipinski definition) is 0. The predicted octanol–water partition coefficient (Wildman–Crippen LogP) is 8.27. The van der Waals surface area contributed by atoms with Crippen molar-refractivity contribution in [3.63, 3.8) is 0 Å². The van der Waals surface area contributed by atoms with Crippen molar-refractivity contribution >= 4 is 24.3 Å². The second kappa shape index (κ2) is 15.3. The molecule has 0 spiro atoms. The zero-order valence-electron chi connectivity index (χ0n) is 20.6. The summed E-state index contributed by atoms with van der Waals surface area (Å²) in [6.45, 7) is 8.31. The number of unbranched alkanes of at least 4 members (excludes halogenated alkanes) is 3. The number of rotatable bonds is 15. The van der Waals surface area contributed by atoms with Crippen LogP contribution in [0.25, 0.3) is 0 Å². The topological polar surface area (TPSA) is 20.3 Å². The molecule has 0 radical (unpaired) electrons. The number of hydrogen-bond acceptors (Lipinski definition) is 1. The van der Waals surface area contributed by atoms with Gasteiger partial charge >= 0.3 is 202 Å². The number of benzene rings is 2. The van der Waals surface area contributed by atoms with Gasteiger partial charge in [0.2, 0.25) is 0 Å². The molecule has 2 aromatic carbocycles. The Morgan fingerprint density at radius 2 is 1.28 bits per heavy atom. The molecule has 32 heavy (non-hydrogen) atoms. The summed E-state index contributed by atoms with van der Waals surface area (Å²) in [5.41, 5.74) is 1.96. The first kappa shape index (κ1) is 26.7. The van der Waals surface area contributed by atoms with Gasteiger partial charge < -0.3 is 0 Å². The quantitative estimate of drug-likeness (QED) is 0.208. The Morgan fingerprint density at radius 1 is 0.781 bits per heavy atom.